The second kappa shape index (κ2) is 7.74. The van der Waals surface area contributed by atoms with Crippen LogP contribution < -0.4 is 10.5 Å². The molecule has 0 unspecified atom stereocenters. The molecule has 0 amide bonds. The Hall–Kier alpha value is -3.15. The van der Waals surface area contributed by atoms with Crippen LogP contribution in [-0.2, 0) is 9.63 Å². The van der Waals surface area contributed by atoms with Crippen molar-refractivity contribution in [2.75, 3.05) is 7.11 Å². The average molecular weight is 314 g/mol. The Labute approximate surface area is 132 Å². The molecular weight excluding hydrogens is 299 g/mol. The van der Waals surface area contributed by atoms with Crippen LogP contribution in [0.1, 0.15) is 11.1 Å². The maximum atomic E-state index is 12.8. The second-order valence-electron chi connectivity index (χ2n) is 4.50. The number of methoxy groups -OCH3 is 1. The predicted molar refractivity (Wildman–Crippen MR) is 85.2 cm³/mol. The number of rotatable bonds is 5. The van der Waals surface area contributed by atoms with Crippen molar-refractivity contribution in [3.05, 3.63) is 71.6 Å². The van der Waals surface area contributed by atoms with Gasteiger partial charge in [0.25, 0.3) is 0 Å². The van der Waals surface area contributed by atoms with Crippen molar-refractivity contribution in [3.63, 3.8) is 0 Å². The molecule has 0 heterocycles. The SMILES string of the molecule is COc1ccc(/C=C/C(=O)O/N=C(\N)c2ccc(F)cc2)cc1. The van der Waals surface area contributed by atoms with Crippen LogP contribution in [0.15, 0.2) is 59.8 Å². The predicted octanol–water partition coefficient (Wildman–Crippen LogP) is 2.71. The van der Waals surface area contributed by atoms with Crippen LogP contribution in [0, 0.1) is 5.82 Å². The van der Waals surface area contributed by atoms with E-state index < -0.39 is 5.97 Å². The van der Waals surface area contributed by atoms with Gasteiger partial charge in [-0.05, 0) is 48.0 Å². The molecule has 6 heteroatoms. The number of benzene rings is 2. The van der Waals surface area contributed by atoms with Crippen LogP contribution in [0.4, 0.5) is 4.39 Å². The van der Waals surface area contributed by atoms with Gasteiger partial charge in [0.2, 0.25) is 0 Å². The van der Waals surface area contributed by atoms with Gasteiger partial charge in [0.1, 0.15) is 11.6 Å². The molecule has 0 fully saturated rings. The van der Waals surface area contributed by atoms with E-state index in [1.807, 2.05) is 0 Å². The number of nitrogens with two attached hydrogens (primary N) is 1. The van der Waals surface area contributed by atoms with Crippen molar-refractivity contribution in [1.29, 1.82) is 0 Å². The Morgan fingerprint density at radius 1 is 1.13 bits per heavy atom. The highest BCUT2D eigenvalue weighted by molar-refractivity contribution is 5.97. The molecule has 2 aromatic rings. The second-order valence-corrected chi connectivity index (χ2v) is 4.50. The number of hydrogen-bond donors (Lipinski definition) is 1. The Kier molecular flexibility index (Phi) is 5.46. The van der Waals surface area contributed by atoms with E-state index >= 15 is 0 Å². The first-order valence-corrected chi connectivity index (χ1v) is 6.71. The zero-order valence-corrected chi connectivity index (χ0v) is 12.4. The monoisotopic (exact) mass is 314 g/mol. The molecule has 118 valence electrons. The molecule has 0 saturated carbocycles. The van der Waals surface area contributed by atoms with Gasteiger partial charge in [-0.25, -0.2) is 9.18 Å². The van der Waals surface area contributed by atoms with Crippen LogP contribution in [0.3, 0.4) is 0 Å². The van der Waals surface area contributed by atoms with E-state index in [0.717, 1.165) is 11.3 Å². The third kappa shape index (κ3) is 4.96. The molecule has 2 rings (SSSR count). The fourth-order valence-corrected chi connectivity index (χ4v) is 1.68. The quantitative estimate of drug-likeness (QED) is 0.303. The number of hydrogen-bond acceptors (Lipinski definition) is 4. The first kappa shape index (κ1) is 16.2. The van der Waals surface area contributed by atoms with E-state index in [1.54, 1.807) is 37.5 Å². The van der Waals surface area contributed by atoms with Crippen LogP contribution in [-0.4, -0.2) is 18.9 Å². The normalized spacial score (nSPS) is 11.5. The van der Waals surface area contributed by atoms with Crippen LogP contribution in [0.2, 0.25) is 0 Å². The Balaban J connectivity index is 1.94. The average Bonchev–Trinajstić information content (AvgIpc) is 2.59. The van der Waals surface area contributed by atoms with Crippen molar-refractivity contribution in [2.24, 2.45) is 10.9 Å². The molecule has 0 aliphatic heterocycles. The molecule has 23 heavy (non-hydrogen) atoms. The summed E-state index contributed by atoms with van der Waals surface area (Å²) in [5.41, 5.74) is 6.91. The van der Waals surface area contributed by atoms with E-state index in [2.05, 4.69) is 9.99 Å². The molecule has 0 spiro atoms. The zero-order valence-electron chi connectivity index (χ0n) is 12.4. The summed E-state index contributed by atoms with van der Waals surface area (Å²) in [6, 6.07) is 12.5. The molecule has 0 aliphatic carbocycles. The van der Waals surface area contributed by atoms with Gasteiger partial charge in [0.15, 0.2) is 5.84 Å². The molecule has 0 radical (unpaired) electrons. The summed E-state index contributed by atoms with van der Waals surface area (Å²) in [5.74, 6) is -0.357. The molecule has 5 nitrogen and oxygen atoms in total. The maximum Gasteiger partial charge on any atom is 0.358 e. The van der Waals surface area contributed by atoms with Crippen LogP contribution >= 0.6 is 0 Å². The molecule has 0 aliphatic rings. The van der Waals surface area contributed by atoms with E-state index in [0.29, 0.717) is 5.56 Å². The van der Waals surface area contributed by atoms with Gasteiger partial charge < -0.3 is 15.3 Å². The topological polar surface area (TPSA) is 73.9 Å². The minimum atomic E-state index is -0.675. The van der Waals surface area contributed by atoms with E-state index in [1.165, 1.54) is 30.3 Å². The van der Waals surface area contributed by atoms with Crippen molar-refractivity contribution < 1.29 is 18.8 Å². The smallest absolute Gasteiger partial charge is 0.358 e. The number of oxime groups is 1. The summed E-state index contributed by atoms with van der Waals surface area (Å²) in [5, 5.41) is 3.51. The Bertz CT molecular complexity index is 723. The number of nitrogens with zero attached hydrogens (tertiary/aromatic N) is 1. The lowest BCUT2D eigenvalue weighted by Gasteiger charge is -2.00. The van der Waals surface area contributed by atoms with Crippen molar-refractivity contribution >= 4 is 17.9 Å². The first-order chi connectivity index (χ1) is 11.1. The van der Waals surface area contributed by atoms with Gasteiger partial charge in [-0.15, -0.1) is 0 Å². The van der Waals surface area contributed by atoms with Gasteiger partial charge in [0, 0.05) is 11.6 Å². The summed E-state index contributed by atoms with van der Waals surface area (Å²) in [6.07, 6.45) is 2.80. The number of carbonyl (C=O) groups excluding carboxylic acids is 1. The largest absolute Gasteiger partial charge is 0.497 e. The summed E-state index contributed by atoms with van der Waals surface area (Å²) >= 11 is 0. The summed E-state index contributed by atoms with van der Waals surface area (Å²) in [6.45, 7) is 0. The third-order valence-corrected chi connectivity index (χ3v) is 2.90. The van der Waals surface area contributed by atoms with Gasteiger partial charge >= 0.3 is 5.97 Å². The van der Waals surface area contributed by atoms with Crippen molar-refractivity contribution in [2.45, 2.75) is 0 Å². The Morgan fingerprint density at radius 3 is 2.39 bits per heavy atom. The summed E-state index contributed by atoms with van der Waals surface area (Å²) < 4.78 is 17.8. The summed E-state index contributed by atoms with van der Waals surface area (Å²) in [4.78, 5) is 16.2. The molecule has 0 aromatic heterocycles. The standard InChI is InChI=1S/C17H15FN2O3/c1-22-15-9-2-12(3-10-15)4-11-16(21)23-20-17(19)13-5-7-14(18)8-6-13/h2-11H,1H3,(H2,19,20)/b11-4+. The van der Waals surface area contributed by atoms with Crippen molar-refractivity contribution in [1.82, 2.24) is 0 Å². The fraction of sp³-hybridized carbons (Fsp3) is 0.0588. The number of carbonyl (C=O) groups is 1. The van der Waals surface area contributed by atoms with Crippen molar-refractivity contribution in [3.8, 4) is 5.75 Å². The lowest BCUT2D eigenvalue weighted by Crippen LogP contribution is -2.14. The van der Waals surface area contributed by atoms with E-state index in [9.17, 15) is 9.18 Å². The van der Waals surface area contributed by atoms with E-state index in [-0.39, 0.29) is 11.7 Å². The number of amidine groups is 1. The Morgan fingerprint density at radius 2 is 1.78 bits per heavy atom. The van der Waals surface area contributed by atoms with Crippen LogP contribution in [0.25, 0.3) is 6.08 Å². The maximum absolute atomic E-state index is 12.8. The fourth-order valence-electron chi connectivity index (χ4n) is 1.68. The van der Waals surface area contributed by atoms with Crippen LogP contribution in [0.5, 0.6) is 5.75 Å². The highest BCUT2D eigenvalue weighted by atomic mass is 19.1. The molecule has 2 N–H and O–H groups in total. The number of halogens is 1. The molecule has 0 saturated heterocycles. The molecule has 0 atom stereocenters. The van der Waals surface area contributed by atoms with Gasteiger partial charge in [-0.3, -0.25) is 0 Å². The van der Waals surface area contributed by atoms with Gasteiger partial charge in [-0.2, -0.15) is 0 Å². The number of ether oxygens (including phenoxy) is 1. The van der Waals surface area contributed by atoms with Gasteiger partial charge in [-0.1, -0.05) is 17.3 Å². The highest BCUT2D eigenvalue weighted by Gasteiger charge is 2.02. The minimum absolute atomic E-state index is 0.0174. The third-order valence-electron chi connectivity index (χ3n) is 2.90. The molecule has 2 aromatic carbocycles. The lowest BCUT2D eigenvalue weighted by atomic mass is 10.2. The summed E-state index contributed by atoms with van der Waals surface area (Å²) in [7, 11) is 1.58. The molecule has 0 bridgehead atoms. The van der Waals surface area contributed by atoms with E-state index in [4.69, 9.17) is 10.5 Å². The molecular formula is C17H15FN2O3. The minimum Gasteiger partial charge on any atom is -0.497 e. The lowest BCUT2D eigenvalue weighted by molar-refractivity contribution is -0.137. The highest BCUT2D eigenvalue weighted by Crippen LogP contribution is 2.12. The van der Waals surface area contributed by atoms with Gasteiger partial charge in [0.05, 0.1) is 7.11 Å². The zero-order chi connectivity index (χ0) is 16.7. The first-order valence-electron chi connectivity index (χ1n) is 6.71.